The lowest BCUT2D eigenvalue weighted by molar-refractivity contribution is 0.0781. The van der Waals surface area contributed by atoms with Gasteiger partial charge in [-0.25, -0.2) is 9.49 Å². The number of hydrogen-bond donors (Lipinski definition) is 2. The minimum absolute atomic E-state index is 0.0463. The molecule has 7 nitrogen and oxygen atoms in total. The van der Waals surface area contributed by atoms with Crippen LogP contribution in [0.2, 0.25) is 0 Å². The molecule has 2 aromatic rings. The number of likely N-dealkylation sites (N-methyl/N-ethyl adjacent to an activating group) is 2. The Bertz CT molecular complexity index is 925. The first-order valence-corrected chi connectivity index (χ1v) is 9.39. The normalized spacial score (nSPS) is 13.2. The van der Waals surface area contributed by atoms with Crippen molar-refractivity contribution in [3.05, 3.63) is 56.8 Å². The number of nitrogens with one attached hydrogen (secondary N) is 2. The van der Waals surface area contributed by atoms with E-state index in [4.69, 9.17) is 0 Å². The lowest BCUT2D eigenvalue weighted by Crippen LogP contribution is -2.34. The summed E-state index contributed by atoms with van der Waals surface area (Å²) >= 11 is 0. The van der Waals surface area contributed by atoms with Crippen LogP contribution in [-0.2, 0) is 12.8 Å². The Morgan fingerprint density at radius 2 is 2.04 bits per heavy atom. The van der Waals surface area contributed by atoms with Crippen LogP contribution in [0.3, 0.4) is 0 Å². The fourth-order valence-electron chi connectivity index (χ4n) is 3.28. The molecule has 0 saturated carbocycles. The van der Waals surface area contributed by atoms with Gasteiger partial charge in [0.2, 0.25) is 0 Å². The number of amides is 1. The minimum Gasteiger partial charge on any atom is -0.383 e. The Morgan fingerprint density at radius 3 is 2.79 bits per heavy atom. The maximum Gasteiger partial charge on any atom is 0.269 e. The van der Waals surface area contributed by atoms with Crippen LogP contribution in [0.1, 0.15) is 33.6 Å². The summed E-state index contributed by atoms with van der Waals surface area (Å²) in [5.41, 5.74) is 2.79. The number of carbonyl (C=O) groups excluding carboxylic acids is 1. The van der Waals surface area contributed by atoms with E-state index < -0.39 is 5.82 Å². The molecule has 1 aromatic carbocycles. The third-order valence-electron chi connectivity index (χ3n) is 4.92. The number of rotatable bonds is 6. The Morgan fingerprint density at radius 1 is 1.25 bits per heavy atom. The van der Waals surface area contributed by atoms with Crippen molar-refractivity contribution in [2.45, 2.75) is 19.3 Å². The molecule has 1 aliphatic rings. The van der Waals surface area contributed by atoms with Crippen molar-refractivity contribution in [1.82, 2.24) is 20.0 Å². The average molecular weight is 387 g/mol. The van der Waals surface area contributed by atoms with Crippen molar-refractivity contribution in [2.24, 2.45) is 0 Å². The second kappa shape index (κ2) is 8.52. The number of H-pyrrole nitrogens is 1. The standard InChI is InChI=1S/C20H26FN5O2/c1-25(2)9-10-26(3)20(28)15-11-13(6-7-16(15)21)12-17-18-14(5-4-8-22-18)19(27)24-23-17/h6-7,11,22H,4-5,8-10,12H2,1-3H3,(H,24,27). The zero-order chi connectivity index (χ0) is 20.3. The van der Waals surface area contributed by atoms with Gasteiger partial charge in [-0.15, -0.1) is 0 Å². The molecule has 3 rings (SSSR count). The first-order chi connectivity index (χ1) is 13.4. The number of halogens is 1. The van der Waals surface area contributed by atoms with Crippen molar-refractivity contribution in [3.8, 4) is 0 Å². The summed E-state index contributed by atoms with van der Waals surface area (Å²) in [5, 5.41) is 9.97. The molecule has 0 fully saturated rings. The number of carbonyl (C=O) groups is 1. The van der Waals surface area contributed by atoms with Crippen LogP contribution >= 0.6 is 0 Å². The van der Waals surface area contributed by atoms with Gasteiger partial charge in [-0.1, -0.05) is 6.07 Å². The Balaban J connectivity index is 1.84. The van der Waals surface area contributed by atoms with E-state index in [2.05, 4.69) is 15.5 Å². The van der Waals surface area contributed by atoms with Crippen LogP contribution in [0.15, 0.2) is 23.0 Å². The maximum atomic E-state index is 14.3. The molecule has 0 aliphatic carbocycles. The molecule has 8 heteroatoms. The predicted octanol–water partition coefficient (Wildman–Crippen LogP) is 1.49. The fourth-order valence-corrected chi connectivity index (χ4v) is 3.28. The van der Waals surface area contributed by atoms with Gasteiger partial charge in [0.25, 0.3) is 11.5 Å². The van der Waals surface area contributed by atoms with E-state index >= 15 is 0 Å². The van der Waals surface area contributed by atoms with E-state index in [0.717, 1.165) is 24.2 Å². The molecular weight excluding hydrogens is 361 g/mol. The van der Waals surface area contributed by atoms with Gasteiger partial charge >= 0.3 is 0 Å². The maximum absolute atomic E-state index is 14.3. The molecule has 1 amide bonds. The highest BCUT2D eigenvalue weighted by molar-refractivity contribution is 5.94. The SMILES string of the molecule is CN(C)CCN(C)C(=O)c1cc(Cc2n[nH]c(=O)c3c2NCCC3)ccc1F. The Labute approximate surface area is 163 Å². The second-order valence-electron chi connectivity index (χ2n) is 7.40. The van der Waals surface area contributed by atoms with E-state index in [0.29, 0.717) is 37.2 Å². The first kappa shape index (κ1) is 20.0. The van der Waals surface area contributed by atoms with Crippen LogP contribution in [0.4, 0.5) is 10.1 Å². The molecule has 28 heavy (non-hydrogen) atoms. The van der Waals surface area contributed by atoms with Gasteiger partial charge < -0.3 is 15.1 Å². The summed E-state index contributed by atoms with van der Waals surface area (Å²) in [7, 11) is 5.51. The third kappa shape index (κ3) is 4.39. The topological polar surface area (TPSA) is 81.3 Å². The number of benzene rings is 1. The van der Waals surface area contributed by atoms with Crippen LogP contribution in [-0.4, -0.2) is 66.7 Å². The summed E-state index contributed by atoms with van der Waals surface area (Å²) in [6.07, 6.45) is 2.00. The largest absolute Gasteiger partial charge is 0.383 e. The first-order valence-electron chi connectivity index (χ1n) is 9.39. The Hall–Kier alpha value is -2.74. The number of hydrogen-bond acceptors (Lipinski definition) is 5. The summed E-state index contributed by atoms with van der Waals surface area (Å²) in [6, 6.07) is 4.54. The number of aromatic nitrogens is 2. The number of aromatic amines is 1. The van der Waals surface area contributed by atoms with Crippen LogP contribution in [0, 0.1) is 5.82 Å². The van der Waals surface area contributed by atoms with Gasteiger partial charge in [0.15, 0.2) is 0 Å². The lowest BCUT2D eigenvalue weighted by atomic mass is 10.00. The molecule has 2 N–H and O–H groups in total. The van der Waals surface area contributed by atoms with Gasteiger partial charge in [-0.05, 0) is 44.6 Å². The quantitative estimate of drug-likeness (QED) is 0.785. The third-order valence-corrected chi connectivity index (χ3v) is 4.92. The number of nitrogens with zero attached hydrogens (tertiary/aromatic N) is 3. The van der Waals surface area contributed by atoms with Crippen molar-refractivity contribution in [1.29, 1.82) is 0 Å². The van der Waals surface area contributed by atoms with Gasteiger partial charge in [0.1, 0.15) is 5.82 Å². The van der Waals surface area contributed by atoms with Gasteiger partial charge in [0.05, 0.1) is 16.9 Å². The van der Waals surface area contributed by atoms with E-state index in [1.807, 2.05) is 19.0 Å². The summed E-state index contributed by atoms with van der Waals surface area (Å²) in [6.45, 7) is 1.99. The molecule has 0 bridgehead atoms. The van der Waals surface area contributed by atoms with Gasteiger partial charge in [0, 0.05) is 38.7 Å². The zero-order valence-corrected chi connectivity index (χ0v) is 16.5. The highest BCUT2D eigenvalue weighted by Crippen LogP contribution is 2.24. The smallest absolute Gasteiger partial charge is 0.269 e. The van der Waals surface area contributed by atoms with E-state index in [-0.39, 0.29) is 17.0 Å². The molecule has 0 spiro atoms. The number of fused-ring (bicyclic) bond motifs is 1. The molecule has 1 aromatic heterocycles. The molecule has 0 unspecified atom stereocenters. The van der Waals surface area contributed by atoms with Crippen LogP contribution in [0.25, 0.3) is 0 Å². The van der Waals surface area contributed by atoms with E-state index in [1.165, 1.54) is 11.0 Å². The molecule has 0 radical (unpaired) electrons. The molecule has 0 saturated heterocycles. The van der Waals surface area contributed by atoms with Crippen molar-refractivity contribution in [2.75, 3.05) is 46.1 Å². The van der Waals surface area contributed by atoms with Crippen molar-refractivity contribution >= 4 is 11.6 Å². The van der Waals surface area contributed by atoms with Crippen LogP contribution < -0.4 is 10.9 Å². The molecule has 2 heterocycles. The molecule has 1 aliphatic heterocycles. The molecular formula is C20H26FN5O2. The second-order valence-corrected chi connectivity index (χ2v) is 7.40. The monoisotopic (exact) mass is 387 g/mol. The van der Waals surface area contributed by atoms with Crippen LogP contribution in [0.5, 0.6) is 0 Å². The summed E-state index contributed by atoms with van der Waals surface area (Å²) in [5.74, 6) is -0.893. The Kier molecular flexibility index (Phi) is 6.08. The van der Waals surface area contributed by atoms with E-state index in [9.17, 15) is 14.0 Å². The fraction of sp³-hybridized carbons (Fsp3) is 0.450. The van der Waals surface area contributed by atoms with Crippen molar-refractivity contribution < 1.29 is 9.18 Å². The summed E-state index contributed by atoms with van der Waals surface area (Å²) < 4.78 is 14.3. The zero-order valence-electron chi connectivity index (χ0n) is 16.5. The van der Waals surface area contributed by atoms with Gasteiger partial charge in [-0.2, -0.15) is 5.10 Å². The predicted molar refractivity (Wildman–Crippen MR) is 106 cm³/mol. The average Bonchev–Trinajstić information content (AvgIpc) is 2.69. The van der Waals surface area contributed by atoms with Crippen molar-refractivity contribution in [3.63, 3.8) is 0 Å². The summed E-state index contributed by atoms with van der Waals surface area (Å²) in [4.78, 5) is 28.1. The molecule has 0 atom stereocenters. The highest BCUT2D eigenvalue weighted by Gasteiger charge is 2.20. The van der Waals surface area contributed by atoms with E-state index in [1.54, 1.807) is 19.2 Å². The highest BCUT2D eigenvalue weighted by atomic mass is 19.1. The lowest BCUT2D eigenvalue weighted by Gasteiger charge is -2.21. The molecule has 150 valence electrons. The minimum atomic E-state index is -0.542. The van der Waals surface area contributed by atoms with Gasteiger partial charge in [-0.3, -0.25) is 9.59 Å². The number of anilines is 1.